The van der Waals surface area contributed by atoms with Gasteiger partial charge in [-0.1, -0.05) is 0 Å². The lowest BCUT2D eigenvalue weighted by atomic mass is 10.3. The molecule has 2 aromatic rings. The largest absolute Gasteiger partial charge is 0.423 e. The van der Waals surface area contributed by atoms with Crippen molar-refractivity contribution >= 4 is 28.7 Å². The molecule has 0 bridgehead atoms. The van der Waals surface area contributed by atoms with E-state index >= 15 is 0 Å². The number of aromatic nitrogens is 1. The number of carbonyl (C=O) groups is 1. The second-order valence-corrected chi connectivity index (χ2v) is 3.60. The van der Waals surface area contributed by atoms with E-state index in [9.17, 15) is 4.79 Å². The van der Waals surface area contributed by atoms with E-state index in [1.165, 1.54) is 0 Å². The first-order valence-electron chi connectivity index (χ1n) is 5.29. The molecule has 1 heterocycles. The van der Waals surface area contributed by atoms with Gasteiger partial charge in [0.05, 0.1) is 0 Å². The number of nitrogens with two attached hydrogens (primary N) is 1. The molecule has 0 spiro atoms. The van der Waals surface area contributed by atoms with Crippen LogP contribution >= 0.6 is 0 Å². The minimum Gasteiger partial charge on any atom is -0.423 e. The molecule has 4 N–H and O–H groups in total. The number of fused-ring (bicyclic) bond motifs is 1. The fourth-order valence-corrected chi connectivity index (χ4v) is 1.42. The Kier molecular flexibility index (Phi) is 3.13. The van der Waals surface area contributed by atoms with Crippen LogP contribution in [0.4, 0.5) is 11.7 Å². The number of hydrogen-bond acceptors (Lipinski definition) is 5. The van der Waals surface area contributed by atoms with Gasteiger partial charge < -0.3 is 20.8 Å². The van der Waals surface area contributed by atoms with Gasteiger partial charge in [-0.3, -0.25) is 4.79 Å². The summed E-state index contributed by atoms with van der Waals surface area (Å²) >= 11 is 0. The van der Waals surface area contributed by atoms with E-state index < -0.39 is 0 Å². The van der Waals surface area contributed by atoms with Gasteiger partial charge in [-0.2, -0.15) is 4.98 Å². The maximum Gasteiger partial charge on any atom is 0.295 e. The van der Waals surface area contributed by atoms with Crippen LogP contribution in [0.3, 0.4) is 0 Å². The molecule has 1 amide bonds. The van der Waals surface area contributed by atoms with E-state index in [0.29, 0.717) is 30.3 Å². The highest BCUT2D eigenvalue weighted by molar-refractivity contribution is 5.78. The molecule has 1 aromatic carbocycles. The molecule has 0 aliphatic heterocycles. The smallest absolute Gasteiger partial charge is 0.295 e. The Balaban J connectivity index is 2.02. The summed E-state index contributed by atoms with van der Waals surface area (Å²) < 4.78 is 5.43. The van der Waals surface area contributed by atoms with E-state index in [2.05, 4.69) is 15.6 Å². The molecular weight excluding hydrogens is 220 g/mol. The summed E-state index contributed by atoms with van der Waals surface area (Å²) in [6.07, 6.45) is 0.372. The number of rotatable bonds is 4. The Morgan fingerprint density at radius 2 is 2.35 bits per heavy atom. The van der Waals surface area contributed by atoms with E-state index in [1.54, 1.807) is 25.2 Å². The maximum absolute atomic E-state index is 11.0. The van der Waals surface area contributed by atoms with Crippen molar-refractivity contribution in [3.05, 3.63) is 18.2 Å². The minimum absolute atomic E-state index is 0.0298. The Bertz CT molecular complexity index is 535. The molecule has 0 saturated heterocycles. The van der Waals surface area contributed by atoms with Gasteiger partial charge in [0.25, 0.3) is 6.01 Å². The van der Waals surface area contributed by atoms with Crippen LogP contribution in [0.5, 0.6) is 0 Å². The molecule has 0 aliphatic rings. The molecule has 0 aliphatic carbocycles. The van der Waals surface area contributed by atoms with Gasteiger partial charge in [-0.15, -0.1) is 0 Å². The number of anilines is 2. The molecule has 0 fully saturated rings. The fourth-order valence-electron chi connectivity index (χ4n) is 1.42. The number of benzene rings is 1. The van der Waals surface area contributed by atoms with Crippen molar-refractivity contribution in [3.63, 3.8) is 0 Å². The second kappa shape index (κ2) is 4.73. The topological polar surface area (TPSA) is 93.2 Å². The van der Waals surface area contributed by atoms with Gasteiger partial charge in [0.15, 0.2) is 5.58 Å². The van der Waals surface area contributed by atoms with Crippen LogP contribution in [-0.4, -0.2) is 24.5 Å². The van der Waals surface area contributed by atoms with Crippen LogP contribution in [-0.2, 0) is 4.79 Å². The van der Waals surface area contributed by atoms with Crippen molar-refractivity contribution in [1.29, 1.82) is 0 Å². The molecule has 2 rings (SSSR count). The zero-order chi connectivity index (χ0) is 12.3. The second-order valence-electron chi connectivity index (χ2n) is 3.60. The summed E-state index contributed by atoms with van der Waals surface area (Å²) in [4.78, 5) is 15.2. The van der Waals surface area contributed by atoms with E-state index in [1.807, 2.05) is 0 Å². The summed E-state index contributed by atoms with van der Waals surface area (Å²) in [5.41, 5.74) is 7.63. The van der Waals surface area contributed by atoms with Crippen molar-refractivity contribution in [1.82, 2.24) is 10.3 Å². The summed E-state index contributed by atoms with van der Waals surface area (Å²) in [6.45, 7) is 0.474. The predicted octanol–water partition coefficient (Wildman–Crippen LogP) is 0.958. The quantitative estimate of drug-likeness (QED) is 0.685. The third kappa shape index (κ3) is 2.66. The maximum atomic E-state index is 11.0. The van der Waals surface area contributed by atoms with E-state index in [-0.39, 0.29) is 5.91 Å². The average Bonchev–Trinajstić information content (AvgIpc) is 2.70. The summed E-state index contributed by atoms with van der Waals surface area (Å²) in [6, 6.07) is 5.67. The van der Waals surface area contributed by atoms with Crippen molar-refractivity contribution < 1.29 is 9.21 Å². The van der Waals surface area contributed by atoms with Crippen LogP contribution < -0.4 is 16.4 Å². The van der Waals surface area contributed by atoms with Gasteiger partial charge in [0.2, 0.25) is 5.91 Å². The van der Waals surface area contributed by atoms with Crippen molar-refractivity contribution in [2.75, 3.05) is 24.6 Å². The molecule has 0 radical (unpaired) electrons. The van der Waals surface area contributed by atoms with Gasteiger partial charge in [0, 0.05) is 31.8 Å². The minimum atomic E-state index is -0.0298. The molecule has 90 valence electrons. The van der Waals surface area contributed by atoms with Crippen LogP contribution in [0.1, 0.15) is 6.42 Å². The number of oxazole rings is 1. The van der Waals surface area contributed by atoms with E-state index in [4.69, 9.17) is 10.2 Å². The number of nitrogens with zero attached hydrogens (tertiary/aromatic N) is 1. The highest BCUT2D eigenvalue weighted by atomic mass is 16.4. The monoisotopic (exact) mass is 234 g/mol. The molecule has 0 unspecified atom stereocenters. The Labute approximate surface area is 98.2 Å². The van der Waals surface area contributed by atoms with Crippen LogP contribution in [0.25, 0.3) is 11.1 Å². The van der Waals surface area contributed by atoms with Crippen molar-refractivity contribution in [2.24, 2.45) is 0 Å². The third-order valence-electron chi connectivity index (χ3n) is 2.32. The average molecular weight is 234 g/mol. The third-order valence-corrected chi connectivity index (χ3v) is 2.32. The fraction of sp³-hybridized carbons (Fsp3) is 0.273. The zero-order valence-electron chi connectivity index (χ0n) is 9.49. The van der Waals surface area contributed by atoms with Gasteiger partial charge in [-0.25, -0.2) is 0 Å². The Morgan fingerprint density at radius 3 is 3.12 bits per heavy atom. The Hall–Kier alpha value is -2.24. The van der Waals surface area contributed by atoms with Crippen LogP contribution in [0.15, 0.2) is 22.6 Å². The van der Waals surface area contributed by atoms with Crippen molar-refractivity contribution in [3.8, 4) is 0 Å². The lowest BCUT2D eigenvalue weighted by Gasteiger charge is -1.99. The molecule has 0 saturated carbocycles. The lowest BCUT2D eigenvalue weighted by molar-refractivity contribution is -0.120. The molecule has 6 nitrogen and oxygen atoms in total. The van der Waals surface area contributed by atoms with E-state index in [0.717, 1.165) is 5.52 Å². The highest BCUT2D eigenvalue weighted by Gasteiger charge is 2.05. The van der Waals surface area contributed by atoms with Crippen molar-refractivity contribution in [2.45, 2.75) is 6.42 Å². The lowest BCUT2D eigenvalue weighted by Crippen LogP contribution is -2.20. The first-order valence-corrected chi connectivity index (χ1v) is 5.29. The van der Waals surface area contributed by atoms with Crippen LogP contribution in [0, 0.1) is 0 Å². The first-order chi connectivity index (χ1) is 8.19. The zero-order valence-corrected chi connectivity index (χ0v) is 9.49. The highest BCUT2D eigenvalue weighted by Crippen LogP contribution is 2.20. The number of nitrogens with one attached hydrogen (secondary N) is 2. The van der Waals surface area contributed by atoms with Gasteiger partial charge >= 0.3 is 0 Å². The SMILES string of the molecule is CNC(=O)CCNc1nc2ccc(N)cc2o1. The number of amides is 1. The molecule has 0 atom stereocenters. The molecular formula is C11H14N4O2. The summed E-state index contributed by atoms with van der Waals surface area (Å²) in [7, 11) is 1.60. The Morgan fingerprint density at radius 1 is 1.53 bits per heavy atom. The van der Waals surface area contributed by atoms with Gasteiger partial charge in [-0.05, 0) is 12.1 Å². The predicted molar refractivity (Wildman–Crippen MR) is 65.6 cm³/mol. The first kappa shape index (κ1) is 11.3. The number of carbonyl (C=O) groups excluding carboxylic acids is 1. The molecule has 17 heavy (non-hydrogen) atoms. The summed E-state index contributed by atoms with van der Waals surface area (Å²) in [5.74, 6) is -0.0298. The number of nitrogen functional groups attached to an aromatic ring is 1. The standard InChI is InChI=1S/C11H14N4O2/c1-13-10(16)4-5-14-11-15-8-3-2-7(12)6-9(8)17-11/h2-3,6H,4-5,12H2,1H3,(H,13,16)(H,14,15). The normalized spacial score (nSPS) is 10.4. The molecule has 6 heteroatoms. The number of hydrogen-bond donors (Lipinski definition) is 3. The summed E-state index contributed by atoms with van der Waals surface area (Å²) in [5, 5.41) is 5.48. The molecule has 1 aromatic heterocycles. The van der Waals surface area contributed by atoms with Crippen LogP contribution in [0.2, 0.25) is 0 Å². The van der Waals surface area contributed by atoms with Gasteiger partial charge in [0.1, 0.15) is 5.52 Å².